The van der Waals surface area contributed by atoms with Gasteiger partial charge in [0, 0.05) is 11.3 Å². The van der Waals surface area contributed by atoms with Crippen molar-refractivity contribution in [1.82, 2.24) is 0 Å². The molecule has 2 aromatic rings. The fourth-order valence-electron chi connectivity index (χ4n) is 2.36. The van der Waals surface area contributed by atoms with Crippen LogP contribution in [0.2, 0.25) is 5.02 Å². The lowest BCUT2D eigenvalue weighted by Crippen LogP contribution is -2.18. The Morgan fingerprint density at radius 1 is 0.964 bits per heavy atom. The average molecular weight is 445 g/mol. The van der Waals surface area contributed by atoms with Gasteiger partial charge in [-0.2, -0.15) is 0 Å². The van der Waals surface area contributed by atoms with Crippen molar-refractivity contribution >= 4 is 37.2 Å². The number of esters is 1. The van der Waals surface area contributed by atoms with Crippen LogP contribution in [0.5, 0.6) is 5.75 Å². The summed E-state index contributed by atoms with van der Waals surface area (Å²) in [5.74, 6) is -0.704. The Morgan fingerprint density at radius 2 is 1.50 bits per heavy atom. The van der Waals surface area contributed by atoms with E-state index in [-0.39, 0.29) is 37.3 Å². The Kier molecular flexibility index (Phi) is 6.28. The molecular weight excluding hydrogens is 424 g/mol. The van der Waals surface area contributed by atoms with Crippen LogP contribution in [0.3, 0.4) is 0 Å². The highest BCUT2D eigenvalue weighted by molar-refractivity contribution is 7.91. The van der Waals surface area contributed by atoms with E-state index in [4.69, 9.17) is 16.3 Å². The second-order valence-corrected chi connectivity index (χ2v) is 11.9. The van der Waals surface area contributed by atoms with E-state index < -0.39 is 25.6 Å². The summed E-state index contributed by atoms with van der Waals surface area (Å²) in [4.78, 5) is 11.7. The summed E-state index contributed by atoms with van der Waals surface area (Å²) in [5, 5.41) is 0.155. The Hall–Kier alpha value is -1.90. The van der Waals surface area contributed by atoms with Crippen LogP contribution in [0.25, 0.3) is 0 Å². The van der Waals surface area contributed by atoms with E-state index in [1.807, 2.05) is 20.8 Å². The molecule has 0 atom stereocenters. The maximum Gasteiger partial charge on any atom is 0.311 e. The first kappa shape index (κ1) is 22.4. The normalized spacial score (nSPS) is 12.6. The zero-order valence-corrected chi connectivity index (χ0v) is 18.3. The summed E-state index contributed by atoms with van der Waals surface area (Å²) in [6.45, 7) is 5.57. The number of rotatable bonds is 5. The third-order valence-corrected chi connectivity index (χ3v) is 6.81. The summed E-state index contributed by atoms with van der Waals surface area (Å²) in [7, 11) is -7.56. The maximum absolute atomic E-state index is 13.0. The van der Waals surface area contributed by atoms with Gasteiger partial charge in [0.1, 0.15) is 10.6 Å². The molecule has 28 heavy (non-hydrogen) atoms. The van der Waals surface area contributed by atoms with E-state index in [1.54, 1.807) is 0 Å². The van der Waals surface area contributed by atoms with Crippen LogP contribution in [-0.4, -0.2) is 29.1 Å². The molecule has 0 amide bonds. The van der Waals surface area contributed by atoms with E-state index >= 15 is 0 Å². The number of carbonyl (C=O) groups is 1. The highest BCUT2D eigenvalue weighted by atomic mass is 35.5. The summed E-state index contributed by atoms with van der Waals surface area (Å²) in [6.07, 6.45) is 1.12. The molecule has 0 unspecified atom stereocenters. The number of carbonyl (C=O) groups excluding carboxylic acids is 1. The summed E-state index contributed by atoms with van der Waals surface area (Å²) in [6, 6.07) is 8.73. The number of halogens is 1. The van der Waals surface area contributed by atoms with Crippen LogP contribution in [-0.2, 0) is 24.5 Å². The number of hydrogen-bond donors (Lipinski definition) is 0. The molecule has 0 N–H and O–H groups in total. The molecule has 0 aliphatic rings. The monoisotopic (exact) mass is 444 g/mol. The van der Waals surface area contributed by atoms with Crippen molar-refractivity contribution in [3.63, 3.8) is 0 Å². The Balaban J connectivity index is 2.48. The van der Waals surface area contributed by atoms with Gasteiger partial charge in [-0.05, 0) is 47.9 Å². The molecular formula is C19H21ClO6S2. The molecule has 0 bridgehead atoms. The fraction of sp³-hybridized carbons (Fsp3) is 0.316. The van der Waals surface area contributed by atoms with Gasteiger partial charge in [-0.3, -0.25) is 4.79 Å². The van der Waals surface area contributed by atoms with Crippen molar-refractivity contribution in [2.24, 2.45) is 5.41 Å². The highest BCUT2D eigenvalue weighted by Gasteiger charge is 2.26. The molecule has 0 aromatic heterocycles. The van der Waals surface area contributed by atoms with Crippen molar-refractivity contribution in [3.8, 4) is 5.75 Å². The van der Waals surface area contributed by atoms with Crippen LogP contribution in [0, 0.1) is 5.41 Å². The molecule has 2 aromatic carbocycles. The second-order valence-electron chi connectivity index (χ2n) is 7.55. The number of benzene rings is 2. The standard InChI is InChI=1S/C19H21ClO6S2/c1-19(2,3)12-18(21)26-16-10-5-13(20)11-17(16)28(24,25)15-8-6-14(7-9-15)27(4,22)23/h5-11H,12H2,1-4H3. The predicted molar refractivity (Wildman–Crippen MR) is 106 cm³/mol. The summed E-state index contributed by atoms with van der Waals surface area (Å²) >= 11 is 5.95. The minimum atomic E-state index is -4.10. The number of hydrogen-bond acceptors (Lipinski definition) is 6. The largest absolute Gasteiger partial charge is 0.425 e. The zero-order valence-electron chi connectivity index (χ0n) is 15.9. The van der Waals surface area contributed by atoms with Crippen LogP contribution in [0.4, 0.5) is 0 Å². The molecule has 0 aliphatic carbocycles. The number of sulfone groups is 2. The Morgan fingerprint density at radius 3 is 2.00 bits per heavy atom. The van der Waals surface area contributed by atoms with Gasteiger partial charge in [-0.15, -0.1) is 0 Å². The maximum atomic E-state index is 13.0. The van der Waals surface area contributed by atoms with Gasteiger partial charge >= 0.3 is 5.97 Å². The molecule has 0 fully saturated rings. The van der Waals surface area contributed by atoms with Crippen molar-refractivity contribution in [2.45, 2.75) is 41.9 Å². The van der Waals surface area contributed by atoms with Crippen molar-refractivity contribution < 1.29 is 26.4 Å². The van der Waals surface area contributed by atoms with E-state index in [2.05, 4.69) is 0 Å². The average Bonchev–Trinajstić information content (AvgIpc) is 2.54. The SMILES string of the molecule is CC(C)(C)CC(=O)Oc1ccc(Cl)cc1S(=O)(=O)c1ccc(S(C)(=O)=O)cc1. The minimum Gasteiger partial charge on any atom is -0.425 e. The predicted octanol–water partition coefficient (Wildman–Crippen LogP) is 3.92. The van der Waals surface area contributed by atoms with Gasteiger partial charge in [-0.25, -0.2) is 16.8 Å². The minimum absolute atomic E-state index is 0.00521. The van der Waals surface area contributed by atoms with Crippen molar-refractivity contribution in [3.05, 3.63) is 47.5 Å². The van der Waals surface area contributed by atoms with E-state index in [9.17, 15) is 21.6 Å². The smallest absolute Gasteiger partial charge is 0.311 e. The Bertz CT molecular complexity index is 1100. The molecule has 6 nitrogen and oxygen atoms in total. The first-order valence-corrected chi connectivity index (χ1v) is 12.0. The molecule has 0 saturated heterocycles. The lowest BCUT2D eigenvalue weighted by Gasteiger charge is -2.17. The first-order chi connectivity index (χ1) is 12.7. The van der Waals surface area contributed by atoms with E-state index in [0.717, 1.165) is 6.26 Å². The van der Waals surface area contributed by atoms with Crippen molar-refractivity contribution in [2.75, 3.05) is 6.26 Å². The van der Waals surface area contributed by atoms with Crippen LogP contribution < -0.4 is 4.74 Å². The third-order valence-electron chi connectivity index (χ3n) is 3.66. The van der Waals surface area contributed by atoms with Crippen LogP contribution >= 0.6 is 11.6 Å². The van der Waals surface area contributed by atoms with Crippen LogP contribution in [0.15, 0.2) is 57.2 Å². The van der Waals surface area contributed by atoms with Gasteiger partial charge in [0.15, 0.2) is 9.84 Å². The first-order valence-electron chi connectivity index (χ1n) is 8.26. The van der Waals surface area contributed by atoms with Gasteiger partial charge in [0.25, 0.3) is 0 Å². The molecule has 0 heterocycles. The molecule has 152 valence electrons. The fourth-order valence-corrected chi connectivity index (χ4v) is 4.63. The van der Waals surface area contributed by atoms with E-state index in [0.29, 0.717) is 0 Å². The second kappa shape index (κ2) is 7.85. The quantitative estimate of drug-likeness (QED) is 0.512. The summed E-state index contributed by atoms with van der Waals surface area (Å²) < 4.78 is 54.5. The lowest BCUT2D eigenvalue weighted by molar-refractivity contribution is -0.136. The zero-order chi connectivity index (χ0) is 21.3. The molecule has 9 heteroatoms. The highest BCUT2D eigenvalue weighted by Crippen LogP contribution is 2.33. The topological polar surface area (TPSA) is 94.6 Å². The molecule has 0 saturated carbocycles. The van der Waals surface area contributed by atoms with Crippen LogP contribution in [0.1, 0.15) is 27.2 Å². The molecule has 2 rings (SSSR count). The van der Waals surface area contributed by atoms with Gasteiger partial charge in [0.05, 0.1) is 16.2 Å². The van der Waals surface area contributed by atoms with Crippen molar-refractivity contribution in [1.29, 1.82) is 0 Å². The molecule has 0 aliphatic heterocycles. The Labute approximate surface area is 170 Å². The molecule has 0 radical (unpaired) electrons. The summed E-state index contributed by atoms with van der Waals surface area (Å²) in [5.41, 5.74) is -0.329. The van der Waals surface area contributed by atoms with Gasteiger partial charge < -0.3 is 4.74 Å². The number of ether oxygens (including phenoxy) is 1. The third kappa shape index (κ3) is 5.56. The van der Waals surface area contributed by atoms with Gasteiger partial charge in [0.2, 0.25) is 9.84 Å². The van der Waals surface area contributed by atoms with E-state index in [1.165, 1.54) is 42.5 Å². The molecule has 0 spiro atoms. The lowest BCUT2D eigenvalue weighted by atomic mass is 9.92. The van der Waals surface area contributed by atoms with Gasteiger partial charge in [-0.1, -0.05) is 32.4 Å².